The Hall–Kier alpha value is -1.39. The van der Waals surface area contributed by atoms with E-state index in [2.05, 4.69) is 9.97 Å². The van der Waals surface area contributed by atoms with Gasteiger partial charge in [-0.15, -0.1) is 0 Å². The van der Waals surface area contributed by atoms with Crippen LogP contribution in [0.5, 0.6) is 0 Å². The van der Waals surface area contributed by atoms with E-state index in [9.17, 15) is 5.11 Å². The fraction of sp³-hybridized carbons (Fsp3) is 0.167. The molecule has 82 valence electrons. The highest BCUT2D eigenvalue weighted by Crippen LogP contribution is 2.26. The van der Waals surface area contributed by atoms with E-state index in [4.69, 9.17) is 0 Å². The van der Waals surface area contributed by atoms with Crippen LogP contribution >= 0.6 is 11.8 Å². The second-order valence-electron chi connectivity index (χ2n) is 3.39. The molecular weight excluding hydrogens is 220 g/mol. The van der Waals surface area contributed by atoms with Crippen LogP contribution < -0.4 is 0 Å². The second kappa shape index (κ2) is 5.09. The SMILES string of the molecule is C[C@@H](O)c1ccc(Sc2ccncn2)cc1. The summed E-state index contributed by atoms with van der Waals surface area (Å²) in [5.74, 6) is 0. The van der Waals surface area contributed by atoms with Crippen molar-refractivity contribution in [2.45, 2.75) is 22.9 Å². The Morgan fingerprint density at radius 3 is 2.50 bits per heavy atom. The van der Waals surface area contributed by atoms with E-state index >= 15 is 0 Å². The van der Waals surface area contributed by atoms with Gasteiger partial charge < -0.3 is 5.11 Å². The van der Waals surface area contributed by atoms with Crippen LogP contribution in [0.2, 0.25) is 0 Å². The highest BCUT2D eigenvalue weighted by molar-refractivity contribution is 7.99. The first-order valence-corrected chi connectivity index (χ1v) is 5.79. The van der Waals surface area contributed by atoms with Crippen molar-refractivity contribution >= 4 is 11.8 Å². The first kappa shape index (κ1) is 11.1. The number of aliphatic hydroxyl groups is 1. The van der Waals surface area contributed by atoms with Gasteiger partial charge in [-0.25, -0.2) is 9.97 Å². The summed E-state index contributed by atoms with van der Waals surface area (Å²) in [4.78, 5) is 9.10. The molecule has 1 aromatic heterocycles. The van der Waals surface area contributed by atoms with E-state index in [0.717, 1.165) is 15.5 Å². The molecule has 2 aromatic rings. The van der Waals surface area contributed by atoms with Crippen LogP contribution in [0, 0.1) is 0 Å². The zero-order valence-corrected chi connectivity index (χ0v) is 9.69. The zero-order chi connectivity index (χ0) is 11.4. The van der Waals surface area contributed by atoms with E-state index in [-0.39, 0.29) is 0 Å². The van der Waals surface area contributed by atoms with Crippen molar-refractivity contribution in [3.8, 4) is 0 Å². The fourth-order valence-corrected chi connectivity index (χ4v) is 2.02. The van der Waals surface area contributed by atoms with Crippen LogP contribution in [0.25, 0.3) is 0 Å². The maximum absolute atomic E-state index is 9.38. The lowest BCUT2D eigenvalue weighted by molar-refractivity contribution is 0.199. The first-order chi connectivity index (χ1) is 7.75. The topological polar surface area (TPSA) is 46.0 Å². The molecule has 0 bridgehead atoms. The van der Waals surface area contributed by atoms with Gasteiger partial charge in [-0.05, 0) is 30.7 Å². The van der Waals surface area contributed by atoms with Gasteiger partial charge in [0, 0.05) is 11.1 Å². The van der Waals surface area contributed by atoms with E-state index < -0.39 is 6.10 Å². The molecular formula is C12H12N2OS. The minimum atomic E-state index is -0.418. The molecule has 0 amide bonds. The fourth-order valence-electron chi connectivity index (χ4n) is 1.27. The molecule has 0 aliphatic rings. The molecule has 0 unspecified atom stereocenters. The molecule has 1 heterocycles. The summed E-state index contributed by atoms with van der Waals surface area (Å²) in [6.07, 6.45) is 2.84. The Labute approximate surface area is 98.6 Å². The van der Waals surface area contributed by atoms with Crippen molar-refractivity contribution in [2.24, 2.45) is 0 Å². The number of nitrogens with zero attached hydrogens (tertiary/aromatic N) is 2. The molecule has 4 heteroatoms. The number of aromatic nitrogens is 2. The van der Waals surface area contributed by atoms with Gasteiger partial charge in [-0.1, -0.05) is 23.9 Å². The summed E-state index contributed by atoms with van der Waals surface area (Å²) in [5.41, 5.74) is 0.923. The third kappa shape index (κ3) is 2.81. The summed E-state index contributed by atoms with van der Waals surface area (Å²) >= 11 is 1.58. The van der Waals surface area contributed by atoms with Gasteiger partial charge in [0.25, 0.3) is 0 Å². The first-order valence-electron chi connectivity index (χ1n) is 4.97. The van der Waals surface area contributed by atoms with Crippen molar-refractivity contribution in [3.63, 3.8) is 0 Å². The summed E-state index contributed by atoms with van der Waals surface area (Å²) in [6.45, 7) is 1.76. The van der Waals surface area contributed by atoms with E-state index in [1.165, 1.54) is 6.33 Å². The Balaban J connectivity index is 2.11. The van der Waals surface area contributed by atoms with Crippen molar-refractivity contribution < 1.29 is 5.11 Å². The molecule has 0 saturated carbocycles. The van der Waals surface area contributed by atoms with Crippen molar-refractivity contribution in [2.75, 3.05) is 0 Å². The second-order valence-corrected chi connectivity index (χ2v) is 4.49. The van der Waals surface area contributed by atoms with Gasteiger partial charge in [-0.2, -0.15) is 0 Å². The number of rotatable bonds is 3. The molecule has 1 N–H and O–H groups in total. The third-order valence-electron chi connectivity index (χ3n) is 2.14. The lowest BCUT2D eigenvalue weighted by atomic mass is 10.1. The smallest absolute Gasteiger partial charge is 0.116 e. The summed E-state index contributed by atoms with van der Waals surface area (Å²) in [6, 6.07) is 9.68. The van der Waals surface area contributed by atoms with Crippen molar-refractivity contribution in [1.82, 2.24) is 9.97 Å². The lowest BCUT2D eigenvalue weighted by Crippen LogP contribution is -1.89. The van der Waals surface area contributed by atoms with E-state index in [1.54, 1.807) is 24.9 Å². The molecule has 16 heavy (non-hydrogen) atoms. The maximum Gasteiger partial charge on any atom is 0.116 e. The van der Waals surface area contributed by atoms with Gasteiger partial charge in [-0.3, -0.25) is 0 Å². The maximum atomic E-state index is 9.38. The highest BCUT2D eigenvalue weighted by Gasteiger charge is 2.01. The van der Waals surface area contributed by atoms with Crippen LogP contribution in [0.4, 0.5) is 0 Å². The normalized spacial score (nSPS) is 12.4. The monoisotopic (exact) mass is 232 g/mol. The average Bonchev–Trinajstić information content (AvgIpc) is 2.31. The summed E-state index contributed by atoms with van der Waals surface area (Å²) in [5, 5.41) is 10.3. The molecule has 0 spiro atoms. The standard InChI is InChI=1S/C12H12N2OS/c1-9(15)10-2-4-11(5-3-10)16-12-6-7-13-8-14-12/h2-9,15H,1H3/t9-/m1/s1. The van der Waals surface area contributed by atoms with Gasteiger partial charge >= 0.3 is 0 Å². The molecule has 1 atom stereocenters. The number of aliphatic hydroxyl groups excluding tert-OH is 1. The van der Waals surface area contributed by atoms with Crippen LogP contribution in [0.3, 0.4) is 0 Å². The van der Waals surface area contributed by atoms with Crippen LogP contribution in [-0.4, -0.2) is 15.1 Å². The van der Waals surface area contributed by atoms with E-state index in [1.807, 2.05) is 30.3 Å². The van der Waals surface area contributed by atoms with Crippen LogP contribution in [0.15, 0.2) is 52.8 Å². The van der Waals surface area contributed by atoms with Crippen molar-refractivity contribution in [1.29, 1.82) is 0 Å². The van der Waals surface area contributed by atoms with Gasteiger partial charge in [0.2, 0.25) is 0 Å². The van der Waals surface area contributed by atoms with Crippen molar-refractivity contribution in [3.05, 3.63) is 48.4 Å². The van der Waals surface area contributed by atoms with Gasteiger partial charge in [0.05, 0.1) is 6.10 Å². The average molecular weight is 232 g/mol. The largest absolute Gasteiger partial charge is 0.389 e. The third-order valence-corrected chi connectivity index (χ3v) is 3.10. The van der Waals surface area contributed by atoms with Crippen LogP contribution in [-0.2, 0) is 0 Å². The molecule has 3 nitrogen and oxygen atoms in total. The number of hydrogen-bond donors (Lipinski definition) is 1. The lowest BCUT2D eigenvalue weighted by Gasteiger charge is -2.05. The molecule has 1 aromatic carbocycles. The molecule has 0 saturated heterocycles. The molecule has 0 radical (unpaired) electrons. The predicted octanol–water partition coefficient (Wildman–Crippen LogP) is 2.68. The Kier molecular flexibility index (Phi) is 3.54. The highest BCUT2D eigenvalue weighted by atomic mass is 32.2. The zero-order valence-electron chi connectivity index (χ0n) is 8.87. The number of hydrogen-bond acceptors (Lipinski definition) is 4. The van der Waals surface area contributed by atoms with E-state index in [0.29, 0.717) is 0 Å². The quantitative estimate of drug-likeness (QED) is 0.826. The Bertz CT molecular complexity index is 442. The predicted molar refractivity (Wildman–Crippen MR) is 63.2 cm³/mol. The van der Waals surface area contributed by atoms with Gasteiger partial charge in [0.15, 0.2) is 0 Å². The molecule has 2 rings (SSSR count). The molecule has 0 aliphatic carbocycles. The molecule has 0 fully saturated rings. The molecule has 0 aliphatic heterocycles. The summed E-state index contributed by atoms with van der Waals surface area (Å²) in [7, 11) is 0. The minimum Gasteiger partial charge on any atom is -0.389 e. The van der Waals surface area contributed by atoms with Crippen LogP contribution in [0.1, 0.15) is 18.6 Å². The Morgan fingerprint density at radius 2 is 1.94 bits per heavy atom. The summed E-state index contributed by atoms with van der Waals surface area (Å²) < 4.78 is 0. The Morgan fingerprint density at radius 1 is 1.19 bits per heavy atom. The number of benzene rings is 1. The minimum absolute atomic E-state index is 0.418. The van der Waals surface area contributed by atoms with Gasteiger partial charge in [0.1, 0.15) is 11.4 Å².